The van der Waals surface area contributed by atoms with Gasteiger partial charge in [-0.2, -0.15) is 0 Å². The molecular weight excluding hydrogens is 268 g/mol. The van der Waals surface area contributed by atoms with Crippen molar-refractivity contribution >= 4 is 28.9 Å². The number of nitrogens with two attached hydrogens (primary N) is 1. The third-order valence-corrected chi connectivity index (χ3v) is 3.44. The molecular formula is C14H16N6O. The highest BCUT2D eigenvalue weighted by molar-refractivity contribution is 6.03. The lowest BCUT2D eigenvalue weighted by Crippen LogP contribution is -2.36. The quantitative estimate of drug-likeness (QED) is 0.582. The number of rotatable bonds is 3. The topological polar surface area (TPSA) is 96.2 Å². The first-order chi connectivity index (χ1) is 10.2. The minimum Gasteiger partial charge on any atom is -0.323 e. The lowest BCUT2D eigenvalue weighted by atomic mass is 10.1. The molecule has 0 unspecified atom stereocenters. The van der Waals surface area contributed by atoms with Crippen LogP contribution >= 0.6 is 0 Å². The molecule has 3 rings (SSSR count). The van der Waals surface area contributed by atoms with Crippen molar-refractivity contribution in [2.75, 3.05) is 22.2 Å². The van der Waals surface area contributed by atoms with Crippen LogP contribution < -0.4 is 21.5 Å². The minimum absolute atomic E-state index is 0.0726. The molecule has 7 heteroatoms. The highest BCUT2D eigenvalue weighted by Gasteiger charge is 2.26. The normalized spacial score (nSPS) is 13.6. The van der Waals surface area contributed by atoms with E-state index in [0.29, 0.717) is 18.1 Å². The Morgan fingerprint density at radius 2 is 2.19 bits per heavy atom. The van der Waals surface area contributed by atoms with Gasteiger partial charge in [0.2, 0.25) is 5.91 Å². The summed E-state index contributed by atoms with van der Waals surface area (Å²) < 4.78 is 0. The fraction of sp³-hybridized carbons (Fsp3) is 0.214. The van der Waals surface area contributed by atoms with Crippen LogP contribution in [0.2, 0.25) is 0 Å². The van der Waals surface area contributed by atoms with E-state index in [4.69, 9.17) is 5.84 Å². The predicted octanol–water partition coefficient (Wildman–Crippen LogP) is 1.41. The molecule has 0 spiro atoms. The smallest absolute Gasteiger partial charge is 0.244 e. The van der Waals surface area contributed by atoms with Crippen molar-refractivity contribution in [2.24, 2.45) is 5.84 Å². The van der Waals surface area contributed by atoms with Crippen molar-refractivity contribution in [1.82, 2.24) is 9.97 Å². The second-order valence-electron chi connectivity index (χ2n) is 4.67. The van der Waals surface area contributed by atoms with Crippen LogP contribution in [0.15, 0.2) is 30.6 Å². The molecule has 0 bridgehead atoms. The number of hydrogen-bond acceptors (Lipinski definition) is 6. The second kappa shape index (κ2) is 5.37. The number of benzene rings is 1. The number of carbonyl (C=O) groups excluding carboxylic acids is 1. The molecule has 0 fully saturated rings. The van der Waals surface area contributed by atoms with E-state index in [2.05, 4.69) is 20.7 Å². The van der Waals surface area contributed by atoms with Crippen molar-refractivity contribution in [3.05, 3.63) is 36.2 Å². The van der Waals surface area contributed by atoms with E-state index in [1.54, 1.807) is 0 Å². The predicted molar refractivity (Wildman–Crippen MR) is 81.3 cm³/mol. The Kier molecular flexibility index (Phi) is 3.41. The van der Waals surface area contributed by atoms with Gasteiger partial charge in [-0.05, 0) is 18.6 Å². The molecule has 1 aliphatic heterocycles. The molecule has 2 heterocycles. The average Bonchev–Trinajstić information content (AvgIpc) is 2.53. The molecule has 4 N–H and O–H groups in total. The van der Waals surface area contributed by atoms with Crippen LogP contribution in [0.5, 0.6) is 0 Å². The summed E-state index contributed by atoms with van der Waals surface area (Å²) >= 11 is 0. The van der Waals surface area contributed by atoms with E-state index >= 15 is 0 Å². The Morgan fingerprint density at radius 1 is 1.38 bits per heavy atom. The highest BCUT2D eigenvalue weighted by Crippen LogP contribution is 2.36. The van der Waals surface area contributed by atoms with Gasteiger partial charge >= 0.3 is 0 Å². The average molecular weight is 284 g/mol. The number of hydrogen-bond donors (Lipinski definition) is 3. The summed E-state index contributed by atoms with van der Waals surface area (Å²) in [5, 5.41) is 2.86. The van der Waals surface area contributed by atoms with Gasteiger partial charge in [-0.15, -0.1) is 0 Å². The Morgan fingerprint density at radius 3 is 2.95 bits per heavy atom. The van der Waals surface area contributed by atoms with Gasteiger partial charge in [-0.1, -0.05) is 19.1 Å². The maximum absolute atomic E-state index is 11.9. The lowest BCUT2D eigenvalue weighted by Gasteiger charge is -2.31. The zero-order chi connectivity index (χ0) is 14.8. The lowest BCUT2D eigenvalue weighted by molar-refractivity contribution is -0.115. The molecule has 1 amide bonds. The van der Waals surface area contributed by atoms with E-state index in [0.717, 1.165) is 16.9 Å². The van der Waals surface area contributed by atoms with E-state index in [9.17, 15) is 4.79 Å². The molecule has 1 aromatic carbocycles. The highest BCUT2D eigenvalue weighted by atomic mass is 16.2. The number of nitrogen functional groups attached to an aromatic ring is 1. The largest absolute Gasteiger partial charge is 0.323 e. The molecule has 0 radical (unpaired) electrons. The molecule has 7 nitrogen and oxygen atoms in total. The maximum Gasteiger partial charge on any atom is 0.244 e. The van der Waals surface area contributed by atoms with Crippen LogP contribution in [0.1, 0.15) is 12.5 Å². The number of fused-ring (bicyclic) bond motifs is 1. The minimum atomic E-state index is -0.0726. The molecule has 1 aliphatic rings. The van der Waals surface area contributed by atoms with Gasteiger partial charge < -0.3 is 15.6 Å². The van der Waals surface area contributed by atoms with Gasteiger partial charge in [-0.25, -0.2) is 15.8 Å². The molecule has 0 atom stereocenters. The summed E-state index contributed by atoms with van der Waals surface area (Å²) in [6, 6.07) is 7.63. The summed E-state index contributed by atoms with van der Waals surface area (Å²) in [5.41, 5.74) is 5.15. The second-order valence-corrected chi connectivity index (χ2v) is 4.67. The molecule has 1 aromatic heterocycles. The SMILES string of the molecule is CCc1c(NN)ncnc1N1CC(=O)Nc2ccccc21. The number of nitrogens with zero attached hydrogens (tertiary/aromatic N) is 3. The van der Waals surface area contributed by atoms with Crippen LogP contribution in [0.4, 0.5) is 23.0 Å². The van der Waals surface area contributed by atoms with Crippen molar-refractivity contribution in [2.45, 2.75) is 13.3 Å². The molecule has 0 aliphatic carbocycles. The number of nitrogens with one attached hydrogen (secondary N) is 2. The summed E-state index contributed by atoms with van der Waals surface area (Å²) in [7, 11) is 0. The first-order valence-corrected chi connectivity index (χ1v) is 6.71. The molecule has 21 heavy (non-hydrogen) atoms. The third-order valence-electron chi connectivity index (χ3n) is 3.44. The number of carbonyl (C=O) groups is 1. The van der Waals surface area contributed by atoms with Gasteiger partial charge in [-0.3, -0.25) is 4.79 Å². The Balaban J connectivity index is 2.15. The van der Waals surface area contributed by atoms with Crippen molar-refractivity contribution in [3.63, 3.8) is 0 Å². The van der Waals surface area contributed by atoms with Crippen LogP contribution in [-0.4, -0.2) is 22.4 Å². The fourth-order valence-corrected chi connectivity index (χ4v) is 2.51. The van der Waals surface area contributed by atoms with Crippen LogP contribution in [-0.2, 0) is 11.2 Å². The van der Waals surface area contributed by atoms with E-state index in [1.165, 1.54) is 6.33 Å². The number of para-hydroxylation sites is 2. The van der Waals surface area contributed by atoms with E-state index in [1.807, 2.05) is 36.1 Å². The van der Waals surface area contributed by atoms with Crippen LogP contribution in [0.3, 0.4) is 0 Å². The zero-order valence-electron chi connectivity index (χ0n) is 11.6. The summed E-state index contributed by atoms with van der Waals surface area (Å²) in [4.78, 5) is 22.3. The Labute approximate surface area is 122 Å². The van der Waals surface area contributed by atoms with Gasteiger partial charge in [0.15, 0.2) is 0 Å². The number of amides is 1. The summed E-state index contributed by atoms with van der Waals surface area (Å²) in [5.74, 6) is 6.71. The Hall–Kier alpha value is -2.67. The van der Waals surface area contributed by atoms with Crippen LogP contribution in [0.25, 0.3) is 0 Å². The van der Waals surface area contributed by atoms with Crippen molar-refractivity contribution < 1.29 is 4.79 Å². The fourth-order valence-electron chi connectivity index (χ4n) is 2.51. The molecule has 0 saturated carbocycles. The molecule has 108 valence electrons. The Bertz CT molecular complexity index is 687. The zero-order valence-corrected chi connectivity index (χ0v) is 11.6. The van der Waals surface area contributed by atoms with E-state index < -0.39 is 0 Å². The van der Waals surface area contributed by atoms with Gasteiger partial charge in [0.05, 0.1) is 11.4 Å². The summed E-state index contributed by atoms with van der Waals surface area (Å²) in [6.07, 6.45) is 2.15. The van der Waals surface area contributed by atoms with Gasteiger partial charge in [0, 0.05) is 5.56 Å². The van der Waals surface area contributed by atoms with Gasteiger partial charge in [0.25, 0.3) is 0 Å². The third kappa shape index (κ3) is 2.27. The standard InChI is InChI=1S/C14H16N6O/c1-2-9-13(19-15)16-8-17-14(9)20-7-12(21)18-10-5-3-4-6-11(10)20/h3-6,8H,2,7,15H2,1H3,(H,18,21)(H,16,17,19). The van der Waals surface area contributed by atoms with Gasteiger partial charge in [0.1, 0.15) is 24.5 Å². The maximum atomic E-state index is 11.9. The molecule has 0 saturated heterocycles. The molecule has 2 aromatic rings. The number of anilines is 4. The summed E-state index contributed by atoms with van der Waals surface area (Å²) in [6.45, 7) is 2.21. The number of aromatic nitrogens is 2. The van der Waals surface area contributed by atoms with Crippen molar-refractivity contribution in [1.29, 1.82) is 0 Å². The first kappa shape index (κ1) is 13.3. The first-order valence-electron chi connectivity index (χ1n) is 6.71. The monoisotopic (exact) mass is 284 g/mol. The number of hydrazine groups is 1. The van der Waals surface area contributed by atoms with Crippen LogP contribution in [0, 0.1) is 0 Å². The van der Waals surface area contributed by atoms with Crippen molar-refractivity contribution in [3.8, 4) is 0 Å². The van der Waals surface area contributed by atoms with E-state index in [-0.39, 0.29) is 12.5 Å².